The summed E-state index contributed by atoms with van der Waals surface area (Å²) in [6.45, 7) is 5.85. The second-order valence-electron chi connectivity index (χ2n) is 6.49. The molecule has 1 amide bonds. The van der Waals surface area contributed by atoms with E-state index in [1.165, 1.54) is 0 Å². The number of hydrogen-bond acceptors (Lipinski definition) is 3. The fraction of sp³-hybridized carbons (Fsp3) is 0.182. The Morgan fingerprint density at radius 2 is 1.93 bits per heavy atom. The normalized spacial score (nSPS) is 11.0. The average molecular weight is 396 g/mol. The maximum absolute atomic E-state index is 12.0. The van der Waals surface area contributed by atoms with Crippen molar-refractivity contribution in [3.05, 3.63) is 82.1 Å². The Labute approximate surface area is 169 Å². The summed E-state index contributed by atoms with van der Waals surface area (Å²) in [4.78, 5) is 12.0. The van der Waals surface area contributed by atoms with Gasteiger partial charge in [0.2, 0.25) is 0 Å². The number of hydrazone groups is 1. The molecule has 28 heavy (non-hydrogen) atoms. The van der Waals surface area contributed by atoms with Crippen LogP contribution in [0.25, 0.3) is 5.69 Å². The Bertz CT molecular complexity index is 1020. The van der Waals surface area contributed by atoms with E-state index < -0.39 is 0 Å². The third-order valence-corrected chi connectivity index (χ3v) is 4.62. The number of aryl methyl sites for hydroxylation is 2. The van der Waals surface area contributed by atoms with Gasteiger partial charge in [0.05, 0.1) is 6.21 Å². The lowest BCUT2D eigenvalue weighted by molar-refractivity contribution is -0.123. The van der Waals surface area contributed by atoms with Crippen LogP contribution in [0.4, 0.5) is 0 Å². The molecule has 0 radical (unpaired) electrons. The first kappa shape index (κ1) is 19.7. The molecule has 1 heterocycles. The van der Waals surface area contributed by atoms with E-state index in [0.717, 1.165) is 28.2 Å². The molecule has 0 fully saturated rings. The van der Waals surface area contributed by atoms with Crippen LogP contribution in [-0.4, -0.2) is 23.3 Å². The van der Waals surface area contributed by atoms with Crippen LogP contribution in [0.3, 0.4) is 0 Å². The summed E-state index contributed by atoms with van der Waals surface area (Å²) in [6, 6.07) is 17.2. The topological polar surface area (TPSA) is 55.6 Å². The molecule has 0 aliphatic rings. The molecular weight excluding hydrogens is 374 g/mol. The number of nitrogens with zero attached hydrogens (tertiary/aromatic N) is 2. The zero-order chi connectivity index (χ0) is 20.1. The van der Waals surface area contributed by atoms with E-state index in [4.69, 9.17) is 16.3 Å². The van der Waals surface area contributed by atoms with Crippen molar-refractivity contribution < 1.29 is 9.53 Å². The van der Waals surface area contributed by atoms with Crippen molar-refractivity contribution in [1.82, 2.24) is 9.99 Å². The molecule has 0 saturated carbocycles. The second kappa shape index (κ2) is 8.76. The molecule has 0 atom stereocenters. The van der Waals surface area contributed by atoms with Gasteiger partial charge in [0.15, 0.2) is 6.61 Å². The van der Waals surface area contributed by atoms with E-state index in [2.05, 4.69) is 15.1 Å². The SMILES string of the molecule is Cc1ccccc1OCC(=O)N/N=C\c1cc(C)n(-c2cccc(Cl)c2)c1C. The number of para-hydroxylation sites is 1. The zero-order valence-electron chi connectivity index (χ0n) is 16.1. The monoisotopic (exact) mass is 395 g/mol. The molecule has 1 aromatic heterocycles. The molecule has 5 nitrogen and oxygen atoms in total. The van der Waals surface area contributed by atoms with Gasteiger partial charge in [-0.25, -0.2) is 5.43 Å². The van der Waals surface area contributed by atoms with Gasteiger partial charge in [0.1, 0.15) is 5.75 Å². The maximum atomic E-state index is 12.0. The van der Waals surface area contributed by atoms with Crippen LogP contribution in [0.1, 0.15) is 22.5 Å². The number of benzene rings is 2. The number of aromatic nitrogens is 1. The fourth-order valence-corrected chi connectivity index (χ4v) is 3.18. The maximum Gasteiger partial charge on any atom is 0.277 e. The summed E-state index contributed by atoms with van der Waals surface area (Å²) >= 11 is 6.11. The van der Waals surface area contributed by atoms with Gasteiger partial charge >= 0.3 is 0 Å². The van der Waals surface area contributed by atoms with Crippen molar-refractivity contribution >= 4 is 23.7 Å². The summed E-state index contributed by atoms with van der Waals surface area (Å²) in [5.74, 6) is 0.370. The fourth-order valence-electron chi connectivity index (χ4n) is 3.00. The highest BCUT2D eigenvalue weighted by Crippen LogP contribution is 2.22. The predicted octanol–water partition coefficient (Wildman–Crippen LogP) is 4.59. The molecule has 2 aromatic carbocycles. The first-order valence-corrected chi connectivity index (χ1v) is 9.28. The van der Waals surface area contributed by atoms with Crippen molar-refractivity contribution in [3.63, 3.8) is 0 Å². The van der Waals surface area contributed by atoms with Crippen LogP contribution in [0, 0.1) is 20.8 Å². The number of rotatable bonds is 6. The Kier molecular flexibility index (Phi) is 6.16. The highest BCUT2D eigenvalue weighted by molar-refractivity contribution is 6.30. The molecule has 3 aromatic rings. The van der Waals surface area contributed by atoms with E-state index in [1.807, 2.05) is 75.4 Å². The molecule has 0 bridgehead atoms. The molecule has 144 valence electrons. The number of hydrogen-bond donors (Lipinski definition) is 1. The number of amides is 1. The predicted molar refractivity (Wildman–Crippen MR) is 113 cm³/mol. The lowest BCUT2D eigenvalue weighted by Crippen LogP contribution is -2.24. The van der Waals surface area contributed by atoms with Crippen molar-refractivity contribution in [2.75, 3.05) is 6.61 Å². The molecule has 0 spiro atoms. The quantitative estimate of drug-likeness (QED) is 0.490. The molecule has 3 rings (SSSR count). The zero-order valence-corrected chi connectivity index (χ0v) is 16.8. The largest absolute Gasteiger partial charge is 0.483 e. The third-order valence-electron chi connectivity index (χ3n) is 4.38. The highest BCUT2D eigenvalue weighted by Gasteiger charge is 2.10. The number of carbonyl (C=O) groups excluding carboxylic acids is 1. The van der Waals surface area contributed by atoms with Gasteiger partial charge < -0.3 is 9.30 Å². The van der Waals surface area contributed by atoms with E-state index in [0.29, 0.717) is 10.8 Å². The number of carbonyl (C=O) groups is 1. The summed E-state index contributed by atoms with van der Waals surface area (Å²) < 4.78 is 7.61. The Hall–Kier alpha value is -3.05. The molecule has 1 N–H and O–H groups in total. The van der Waals surface area contributed by atoms with Gasteiger partial charge in [-0.3, -0.25) is 4.79 Å². The average Bonchev–Trinajstić information content (AvgIpc) is 2.94. The van der Waals surface area contributed by atoms with Gasteiger partial charge in [0, 0.05) is 27.7 Å². The van der Waals surface area contributed by atoms with Crippen LogP contribution < -0.4 is 10.2 Å². The van der Waals surface area contributed by atoms with E-state index in [9.17, 15) is 4.79 Å². The molecule has 0 saturated heterocycles. The van der Waals surface area contributed by atoms with Crippen LogP contribution in [0.15, 0.2) is 59.7 Å². The molecule has 6 heteroatoms. The van der Waals surface area contributed by atoms with E-state index in [-0.39, 0.29) is 12.5 Å². The smallest absolute Gasteiger partial charge is 0.277 e. The summed E-state index contributed by atoms with van der Waals surface area (Å²) in [5.41, 5.74) is 7.44. The Balaban J connectivity index is 1.64. The minimum Gasteiger partial charge on any atom is -0.483 e. The summed E-state index contributed by atoms with van der Waals surface area (Å²) in [7, 11) is 0. The second-order valence-corrected chi connectivity index (χ2v) is 6.93. The van der Waals surface area contributed by atoms with Gasteiger partial charge in [-0.05, 0) is 56.7 Å². The van der Waals surface area contributed by atoms with Crippen molar-refractivity contribution in [3.8, 4) is 11.4 Å². The van der Waals surface area contributed by atoms with Crippen LogP contribution in [0.2, 0.25) is 5.02 Å². The van der Waals surface area contributed by atoms with Gasteiger partial charge in [-0.1, -0.05) is 35.9 Å². The minimum atomic E-state index is -0.317. The molecule has 0 unspecified atom stereocenters. The Morgan fingerprint density at radius 3 is 2.68 bits per heavy atom. The minimum absolute atomic E-state index is 0.0935. The standard InChI is InChI=1S/C22H22ClN3O2/c1-15-7-4-5-10-21(15)28-14-22(27)25-24-13-18-11-16(2)26(17(18)3)20-9-6-8-19(23)12-20/h4-13H,14H2,1-3H3,(H,25,27)/b24-13-. The molecule has 0 aliphatic heterocycles. The van der Waals surface area contributed by atoms with Crippen molar-refractivity contribution in [1.29, 1.82) is 0 Å². The number of halogens is 1. The van der Waals surface area contributed by atoms with Gasteiger partial charge in [0.25, 0.3) is 5.91 Å². The molecule has 0 aliphatic carbocycles. The van der Waals surface area contributed by atoms with Gasteiger partial charge in [-0.15, -0.1) is 0 Å². The van der Waals surface area contributed by atoms with Crippen molar-refractivity contribution in [2.24, 2.45) is 5.10 Å². The summed E-state index contributed by atoms with van der Waals surface area (Å²) in [6.07, 6.45) is 1.63. The lowest BCUT2D eigenvalue weighted by atomic mass is 10.2. The summed E-state index contributed by atoms with van der Waals surface area (Å²) in [5, 5.41) is 4.74. The van der Waals surface area contributed by atoms with Crippen LogP contribution >= 0.6 is 11.6 Å². The van der Waals surface area contributed by atoms with Crippen molar-refractivity contribution in [2.45, 2.75) is 20.8 Å². The first-order chi connectivity index (χ1) is 13.5. The van der Waals surface area contributed by atoms with E-state index >= 15 is 0 Å². The first-order valence-electron chi connectivity index (χ1n) is 8.91. The third kappa shape index (κ3) is 4.61. The molecular formula is C22H22ClN3O2. The van der Waals surface area contributed by atoms with Crippen LogP contribution in [0.5, 0.6) is 5.75 Å². The van der Waals surface area contributed by atoms with Gasteiger partial charge in [-0.2, -0.15) is 5.10 Å². The number of ether oxygens (including phenoxy) is 1. The lowest BCUT2D eigenvalue weighted by Gasteiger charge is -2.09. The number of nitrogens with one attached hydrogen (secondary N) is 1. The van der Waals surface area contributed by atoms with E-state index in [1.54, 1.807) is 6.21 Å². The Morgan fingerprint density at radius 1 is 1.14 bits per heavy atom. The van der Waals surface area contributed by atoms with Crippen LogP contribution in [-0.2, 0) is 4.79 Å². The highest BCUT2D eigenvalue weighted by atomic mass is 35.5.